The minimum atomic E-state index is -5.24. The Bertz CT molecular complexity index is 600. The van der Waals surface area contributed by atoms with E-state index in [4.69, 9.17) is 16.3 Å². The Morgan fingerprint density at radius 1 is 1.21 bits per heavy atom. The predicted molar refractivity (Wildman–Crippen MR) is 79.5 cm³/mol. The van der Waals surface area contributed by atoms with Gasteiger partial charge in [-0.2, -0.15) is 13.2 Å². The lowest BCUT2D eigenvalue weighted by Crippen LogP contribution is -2.56. The SMILES string of the molecule is CC(C)(C)OC(=O)C(NC(=O)C(F)(F)F)N(O)c1ccc(Cl)cc1. The summed E-state index contributed by atoms with van der Waals surface area (Å²) in [5.74, 6) is -3.66. The van der Waals surface area contributed by atoms with E-state index in [0.29, 0.717) is 5.02 Å². The summed E-state index contributed by atoms with van der Waals surface area (Å²) in [7, 11) is 0. The van der Waals surface area contributed by atoms with Crippen LogP contribution < -0.4 is 10.4 Å². The third kappa shape index (κ3) is 5.89. The van der Waals surface area contributed by atoms with Crippen molar-refractivity contribution >= 4 is 29.2 Å². The molecule has 1 aromatic rings. The summed E-state index contributed by atoms with van der Waals surface area (Å²) in [5, 5.41) is 11.9. The fraction of sp³-hybridized carbons (Fsp3) is 0.429. The molecular weight excluding hydrogens is 353 g/mol. The van der Waals surface area contributed by atoms with Crippen LogP contribution in [0.25, 0.3) is 0 Å². The van der Waals surface area contributed by atoms with Gasteiger partial charge in [0.1, 0.15) is 5.60 Å². The van der Waals surface area contributed by atoms with E-state index < -0.39 is 29.8 Å². The molecule has 1 unspecified atom stereocenters. The van der Waals surface area contributed by atoms with Gasteiger partial charge in [0.15, 0.2) is 0 Å². The molecule has 1 aromatic carbocycles. The van der Waals surface area contributed by atoms with Crippen LogP contribution in [-0.4, -0.2) is 35.0 Å². The van der Waals surface area contributed by atoms with Crippen LogP contribution in [0.2, 0.25) is 5.02 Å². The lowest BCUT2D eigenvalue weighted by molar-refractivity contribution is -0.178. The number of nitrogens with one attached hydrogen (secondary N) is 1. The standard InChI is InChI=1S/C14H16ClF3N2O4/c1-13(2,3)24-11(21)10(19-12(22)14(16,17)18)20(23)9-6-4-8(15)5-7-9/h4-7,10,23H,1-3H3,(H,19,22). The molecule has 10 heteroatoms. The number of carbonyl (C=O) groups excluding carboxylic acids is 2. The van der Waals surface area contributed by atoms with Gasteiger partial charge in [-0.15, -0.1) is 0 Å². The zero-order valence-electron chi connectivity index (χ0n) is 13.0. The number of ether oxygens (including phenoxy) is 1. The Kier molecular flexibility index (Phi) is 6.07. The summed E-state index contributed by atoms with van der Waals surface area (Å²) in [6.45, 7) is 4.45. The van der Waals surface area contributed by atoms with Crippen LogP contribution in [0.4, 0.5) is 18.9 Å². The first kappa shape index (κ1) is 20.0. The number of alkyl halides is 3. The molecule has 0 heterocycles. The fourth-order valence-corrected chi connectivity index (χ4v) is 1.65. The summed E-state index contributed by atoms with van der Waals surface area (Å²) in [5.41, 5.74) is -1.11. The Labute approximate surface area is 141 Å². The highest BCUT2D eigenvalue weighted by Crippen LogP contribution is 2.21. The number of hydroxylamine groups is 1. The van der Waals surface area contributed by atoms with Gasteiger partial charge in [-0.3, -0.25) is 10.0 Å². The van der Waals surface area contributed by atoms with Crippen molar-refractivity contribution < 1.29 is 32.7 Å². The minimum Gasteiger partial charge on any atom is -0.457 e. The van der Waals surface area contributed by atoms with E-state index in [0.717, 1.165) is 0 Å². The summed E-state index contributed by atoms with van der Waals surface area (Å²) >= 11 is 5.68. The van der Waals surface area contributed by atoms with Crippen molar-refractivity contribution in [1.82, 2.24) is 5.32 Å². The summed E-state index contributed by atoms with van der Waals surface area (Å²) in [4.78, 5) is 23.2. The Morgan fingerprint density at radius 3 is 2.12 bits per heavy atom. The molecule has 2 N–H and O–H groups in total. The molecule has 0 fully saturated rings. The number of hydrogen-bond acceptors (Lipinski definition) is 5. The molecule has 1 amide bonds. The van der Waals surface area contributed by atoms with Crippen LogP contribution in [0.15, 0.2) is 24.3 Å². The van der Waals surface area contributed by atoms with E-state index in [-0.39, 0.29) is 10.8 Å². The molecule has 1 rings (SSSR count). The molecule has 1 atom stereocenters. The van der Waals surface area contributed by atoms with Gasteiger partial charge < -0.3 is 10.1 Å². The van der Waals surface area contributed by atoms with Gasteiger partial charge in [0.25, 0.3) is 0 Å². The van der Waals surface area contributed by atoms with Crippen LogP contribution in [-0.2, 0) is 14.3 Å². The topological polar surface area (TPSA) is 78.9 Å². The summed E-state index contributed by atoms with van der Waals surface area (Å²) in [6.07, 6.45) is -7.33. The average Bonchev–Trinajstić information content (AvgIpc) is 2.41. The highest BCUT2D eigenvalue weighted by Gasteiger charge is 2.43. The van der Waals surface area contributed by atoms with Crippen molar-refractivity contribution in [2.45, 2.75) is 38.7 Å². The maximum Gasteiger partial charge on any atom is 0.471 e. The Hall–Kier alpha value is -2.00. The number of esters is 1. The molecule has 6 nitrogen and oxygen atoms in total. The zero-order valence-corrected chi connectivity index (χ0v) is 13.8. The first-order chi connectivity index (χ1) is 10.8. The van der Waals surface area contributed by atoms with Crippen molar-refractivity contribution in [3.05, 3.63) is 29.3 Å². The average molecular weight is 369 g/mol. The van der Waals surface area contributed by atoms with Gasteiger partial charge in [0.2, 0.25) is 6.17 Å². The number of halogens is 4. The lowest BCUT2D eigenvalue weighted by atomic mass is 10.2. The van der Waals surface area contributed by atoms with E-state index in [9.17, 15) is 28.0 Å². The maximum atomic E-state index is 12.4. The highest BCUT2D eigenvalue weighted by atomic mass is 35.5. The molecule has 0 aliphatic heterocycles. The van der Waals surface area contributed by atoms with Crippen molar-refractivity contribution in [3.63, 3.8) is 0 Å². The molecule has 0 aromatic heterocycles. The lowest BCUT2D eigenvalue weighted by Gasteiger charge is -2.30. The second kappa shape index (κ2) is 7.27. The van der Waals surface area contributed by atoms with E-state index >= 15 is 0 Å². The van der Waals surface area contributed by atoms with Crippen LogP contribution in [0.1, 0.15) is 20.8 Å². The molecule has 0 aliphatic carbocycles. The van der Waals surface area contributed by atoms with E-state index in [1.807, 2.05) is 0 Å². The van der Waals surface area contributed by atoms with Crippen molar-refractivity contribution in [2.24, 2.45) is 0 Å². The maximum absolute atomic E-state index is 12.4. The van der Waals surface area contributed by atoms with Crippen LogP contribution in [0.3, 0.4) is 0 Å². The summed E-state index contributed by atoms with van der Waals surface area (Å²) in [6, 6.07) is 5.19. The monoisotopic (exact) mass is 368 g/mol. The van der Waals surface area contributed by atoms with Gasteiger partial charge in [-0.1, -0.05) is 11.6 Å². The van der Waals surface area contributed by atoms with Gasteiger partial charge in [0.05, 0.1) is 5.69 Å². The molecular formula is C14H16ClF3N2O4. The van der Waals surface area contributed by atoms with Crippen LogP contribution in [0.5, 0.6) is 0 Å². The molecule has 24 heavy (non-hydrogen) atoms. The molecule has 134 valence electrons. The van der Waals surface area contributed by atoms with Crippen LogP contribution >= 0.6 is 11.6 Å². The zero-order chi connectivity index (χ0) is 18.7. The quantitative estimate of drug-likeness (QED) is 0.485. The van der Waals surface area contributed by atoms with Crippen LogP contribution in [0, 0.1) is 0 Å². The minimum absolute atomic E-state index is 0.0715. The Balaban J connectivity index is 3.09. The molecule has 0 aliphatic rings. The normalized spacial score (nSPS) is 13.2. The molecule has 0 saturated carbocycles. The molecule has 0 saturated heterocycles. The van der Waals surface area contributed by atoms with Gasteiger partial charge >= 0.3 is 18.1 Å². The number of rotatable bonds is 4. The second-order valence-electron chi connectivity index (χ2n) is 5.73. The number of benzene rings is 1. The van der Waals surface area contributed by atoms with Crippen molar-refractivity contribution in [1.29, 1.82) is 0 Å². The second-order valence-corrected chi connectivity index (χ2v) is 6.16. The van der Waals surface area contributed by atoms with E-state index in [2.05, 4.69) is 0 Å². The highest BCUT2D eigenvalue weighted by molar-refractivity contribution is 6.30. The largest absolute Gasteiger partial charge is 0.471 e. The molecule has 0 spiro atoms. The van der Waals surface area contributed by atoms with Crippen molar-refractivity contribution in [2.75, 3.05) is 5.06 Å². The third-order valence-electron chi connectivity index (χ3n) is 2.49. The number of nitrogens with zero attached hydrogens (tertiary/aromatic N) is 1. The predicted octanol–water partition coefficient (Wildman–Crippen LogP) is 2.88. The molecule has 0 bridgehead atoms. The smallest absolute Gasteiger partial charge is 0.457 e. The fourth-order valence-electron chi connectivity index (χ4n) is 1.53. The molecule has 0 radical (unpaired) electrons. The first-order valence-corrected chi connectivity index (χ1v) is 7.03. The number of carbonyl (C=O) groups is 2. The number of hydrogen-bond donors (Lipinski definition) is 2. The van der Waals surface area contributed by atoms with Gasteiger partial charge in [-0.05, 0) is 45.0 Å². The number of anilines is 1. The third-order valence-corrected chi connectivity index (χ3v) is 2.74. The van der Waals surface area contributed by atoms with Gasteiger partial charge in [0, 0.05) is 5.02 Å². The Morgan fingerprint density at radius 2 is 1.71 bits per heavy atom. The number of amides is 1. The van der Waals surface area contributed by atoms with E-state index in [1.165, 1.54) is 50.4 Å². The van der Waals surface area contributed by atoms with Crippen molar-refractivity contribution in [3.8, 4) is 0 Å². The van der Waals surface area contributed by atoms with Gasteiger partial charge in [-0.25, -0.2) is 9.86 Å². The first-order valence-electron chi connectivity index (χ1n) is 6.65. The van der Waals surface area contributed by atoms with E-state index in [1.54, 1.807) is 0 Å². The summed E-state index contributed by atoms with van der Waals surface area (Å²) < 4.78 is 42.3.